The Morgan fingerprint density at radius 2 is 1.65 bits per heavy atom. The summed E-state index contributed by atoms with van der Waals surface area (Å²) in [5.41, 5.74) is 3.29. The summed E-state index contributed by atoms with van der Waals surface area (Å²) >= 11 is 0. The summed E-state index contributed by atoms with van der Waals surface area (Å²) in [5.74, 6) is 0.471. The second kappa shape index (κ2) is 8.90. The molecule has 0 saturated carbocycles. The van der Waals surface area contributed by atoms with Gasteiger partial charge in [0, 0.05) is 27.2 Å². The number of guanidine groups is 1. The van der Waals surface area contributed by atoms with Crippen LogP contribution in [0.25, 0.3) is 0 Å². The van der Waals surface area contributed by atoms with Gasteiger partial charge < -0.3 is 15.4 Å². The van der Waals surface area contributed by atoms with Crippen molar-refractivity contribution in [1.82, 2.24) is 10.6 Å². The normalized spacial score (nSPS) is 11.3. The van der Waals surface area contributed by atoms with Crippen LogP contribution in [0.5, 0.6) is 0 Å². The molecule has 0 spiro atoms. The summed E-state index contributed by atoms with van der Waals surface area (Å²) in [4.78, 5) is 4.19. The molecule has 0 amide bonds. The van der Waals surface area contributed by atoms with Crippen molar-refractivity contribution in [3.05, 3.63) is 71.0 Å². The minimum absolute atomic E-state index is 0.229. The first-order valence-electron chi connectivity index (χ1n) is 7.47. The second-order valence-corrected chi connectivity index (χ2v) is 5.16. The third kappa shape index (κ3) is 5.71. The summed E-state index contributed by atoms with van der Waals surface area (Å²) < 4.78 is 18.0. The Hall–Kier alpha value is -2.40. The molecule has 0 fully saturated rings. The van der Waals surface area contributed by atoms with Crippen molar-refractivity contribution < 1.29 is 9.13 Å². The summed E-state index contributed by atoms with van der Waals surface area (Å²) in [5, 5.41) is 6.47. The van der Waals surface area contributed by atoms with Gasteiger partial charge in [-0.25, -0.2) is 4.39 Å². The van der Waals surface area contributed by atoms with E-state index in [4.69, 9.17) is 4.74 Å². The van der Waals surface area contributed by atoms with Crippen molar-refractivity contribution in [2.24, 2.45) is 4.99 Å². The molecule has 0 aliphatic heterocycles. The van der Waals surface area contributed by atoms with Gasteiger partial charge in [-0.2, -0.15) is 0 Å². The van der Waals surface area contributed by atoms with Gasteiger partial charge in [-0.05, 0) is 28.8 Å². The molecule has 2 rings (SSSR count). The molecule has 0 atom stereocenters. The highest BCUT2D eigenvalue weighted by atomic mass is 19.1. The van der Waals surface area contributed by atoms with Crippen LogP contribution < -0.4 is 10.6 Å². The summed E-state index contributed by atoms with van der Waals surface area (Å²) in [6.07, 6.45) is 0. The van der Waals surface area contributed by atoms with E-state index >= 15 is 0 Å². The zero-order valence-corrected chi connectivity index (χ0v) is 13.5. The van der Waals surface area contributed by atoms with Crippen LogP contribution >= 0.6 is 0 Å². The lowest BCUT2D eigenvalue weighted by Crippen LogP contribution is -2.36. The van der Waals surface area contributed by atoms with Gasteiger partial charge in [0.2, 0.25) is 0 Å². The second-order valence-electron chi connectivity index (χ2n) is 5.16. The largest absolute Gasteiger partial charge is 0.380 e. The van der Waals surface area contributed by atoms with E-state index in [-0.39, 0.29) is 5.82 Å². The molecule has 2 aromatic carbocycles. The lowest BCUT2D eigenvalue weighted by molar-refractivity contribution is 0.185. The van der Waals surface area contributed by atoms with Gasteiger partial charge in [0.15, 0.2) is 5.96 Å². The van der Waals surface area contributed by atoms with E-state index in [2.05, 4.69) is 27.8 Å². The molecule has 0 saturated heterocycles. The fourth-order valence-corrected chi connectivity index (χ4v) is 2.19. The number of aliphatic imine (C=N–C) groups is 1. The Morgan fingerprint density at radius 3 is 2.30 bits per heavy atom. The molecule has 0 bridgehead atoms. The van der Waals surface area contributed by atoms with Gasteiger partial charge in [-0.15, -0.1) is 0 Å². The van der Waals surface area contributed by atoms with Gasteiger partial charge in [-0.3, -0.25) is 4.99 Å². The first-order chi connectivity index (χ1) is 11.2. The van der Waals surface area contributed by atoms with E-state index in [1.54, 1.807) is 26.3 Å². The number of hydrogen-bond donors (Lipinski definition) is 2. The number of methoxy groups -OCH3 is 1. The molecule has 122 valence electrons. The molecule has 5 heteroatoms. The minimum atomic E-state index is -0.229. The van der Waals surface area contributed by atoms with Gasteiger partial charge in [0.1, 0.15) is 5.82 Å². The van der Waals surface area contributed by atoms with Crippen LogP contribution in [0.3, 0.4) is 0 Å². The smallest absolute Gasteiger partial charge is 0.191 e. The number of hydrogen-bond acceptors (Lipinski definition) is 2. The molecular formula is C18H22FN3O. The molecule has 2 aromatic rings. The van der Waals surface area contributed by atoms with Crippen LogP contribution in [-0.2, 0) is 24.4 Å². The highest BCUT2D eigenvalue weighted by Crippen LogP contribution is 2.06. The first kappa shape index (κ1) is 17.0. The topological polar surface area (TPSA) is 45.7 Å². The standard InChI is InChI=1S/C18H22FN3O/c1-20-18(21-11-14-6-8-17(19)9-7-14)22-12-15-4-3-5-16(10-15)13-23-2/h3-10H,11-13H2,1-2H3,(H2,20,21,22). The van der Waals surface area contributed by atoms with E-state index in [0.29, 0.717) is 25.7 Å². The van der Waals surface area contributed by atoms with Crippen molar-refractivity contribution in [3.8, 4) is 0 Å². The lowest BCUT2D eigenvalue weighted by atomic mass is 10.1. The summed E-state index contributed by atoms with van der Waals surface area (Å²) in [7, 11) is 3.41. The Morgan fingerprint density at radius 1 is 1.00 bits per heavy atom. The SMILES string of the molecule is CN=C(NCc1ccc(F)cc1)NCc1cccc(COC)c1. The molecule has 2 N–H and O–H groups in total. The predicted octanol–water partition coefficient (Wildman–Crippen LogP) is 2.84. The molecule has 0 unspecified atom stereocenters. The molecular weight excluding hydrogens is 293 g/mol. The molecule has 23 heavy (non-hydrogen) atoms. The maximum Gasteiger partial charge on any atom is 0.191 e. The molecule has 0 aliphatic carbocycles. The zero-order chi connectivity index (χ0) is 16.5. The fourth-order valence-electron chi connectivity index (χ4n) is 2.19. The van der Waals surface area contributed by atoms with Crippen molar-refractivity contribution >= 4 is 5.96 Å². The van der Waals surface area contributed by atoms with E-state index in [1.165, 1.54) is 12.1 Å². The van der Waals surface area contributed by atoms with Crippen LogP contribution in [0.1, 0.15) is 16.7 Å². The number of nitrogens with zero attached hydrogens (tertiary/aromatic N) is 1. The Balaban J connectivity index is 1.85. The number of halogens is 1. The van der Waals surface area contributed by atoms with Crippen LogP contribution in [0.2, 0.25) is 0 Å². The Kier molecular flexibility index (Phi) is 6.56. The van der Waals surface area contributed by atoms with Gasteiger partial charge in [0.05, 0.1) is 6.61 Å². The van der Waals surface area contributed by atoms with Crippen molar-refractivity contribution in [1.29, 1.82) is 0 Å². The molecule has 0 heterocycles. The van der Waals surface area contributed by atoms with Gasteiger partial charge in [0.25, 0.3) is 0 Å². The van der Waals surface area contributed by atoms with E-state index < -0.39 is 0 Å². The average Bonchev–Trinajstić information content (AvgIpc) is 2.57. The Bertz CT molecular complexity index is 641. The molecule has 0 aromatic heterocycles. The van der Waals surface area contributed by atoms with Crippen LogP contribution in [-0.4, -0.2) is 20.1 Å². The third-order valence-corrected chi connectivity index (χ3v) is 3.36. The minimum Gasteiger partial charge on any atom is -0.380 e. The predicted molar refractivity (Wildman–Crippen MR) is 90.6 cm³/mol. The third-order valence-electron chi connectivity index (χ3n) is 3.36. The maximum absolute atomic E-state index is 12.9. The van der Waals surface area contributed by atoms with Gasteiger partial charge >= 0.3 is 0 Å². The van der Waals surface area contributed by atoms with Crippen LogP contribution in [0.4, 0.5) is 4.39 Å². The molecule has 0 aliphatic rings. The van der Waals surface area contributed by atoms with Crippen molar-refractivity contribution in [2.45, 2.75) is 19.7 Å². The molecule has 0 radical (unpaired) electrons. The highest BCUT2D eigenvalue weighted by Gasteiger charge is 2.01. The number of rotatable bonds is 6. The average molecular weight is 315 g/mol. The maximum atomic E-state index is 12.9. The summed E-state index contributed by atoms with van der Waals surface area (Å²) in [6, 6.07) is 14.6. The highest BCUT2D eigenvalue weighted by molar-refractivity contribution is 5.79. The van der Waals surface area contributed by atoms with Gasteiger partial charge in [-0.1, -0.05) is 36.4 Å². The number of nitrogens with one attached hydrogen (secondary N) is 2. The van der Waals surface area contributed by atoms with Crippen molar-refractivity contribution in [3.63, 3.8) is 0 Å². The summed E-state index contributed by atoms with van der Waals surface area (Å²) in [6.45, 7) is 1.86. The van der Waals surface area contributed by atoms with E-state index in [9.17, 15) is 4.39 Å². The van der Waals surface area contributed by atoms with Crippen LogP contribution in [0, 0.1) is 5.82 Å². The number of ether oxygens (including phenoxy) is 1. The monoisotopic (exact) mass is 315 g/mol. The quantitative estimate of drug-likeness (QED) is 0.636. The van der Waals surface area contributed by atoms with Crippen LogP contribution in [0.15, 0.2) is 53.5 Å². The van der Waals surface area contributed by atoms with Crippen molar-refractivity contribution in [2.75, 3.05) is 14.2 Å². The fraction of sp³-hybridized carbons (Fsp3) is 0.278. The first-order valence-corrected chi connectivity index (χ1v) is 7.47. The zero-order valence-electron chi connectivity index (χ0n) is 13.5. The lowest BCUT2D eigenvalue weighted by Gasteiger charge is -2.12. The Labute approximate surface area is 136 Å². The van der Waals surface area contributed by atoms with E-state index in [0.717, 1.165) is 16.7 Å². The number of benzene rings is 2. The van der Waals surface area contributed by atoms with E-state index in [1.807, 2.05) is 12.1 Å². The molecule has 4 nitrogen and oxygen atoms in total.